The molecule has 1 unspecified atom stereocenters. The van der Waals surface area contributed by atoms with Crippen molar-refractivity contribution in [3.05, 3.63) is 39.8 Å². The van der Waals surface area contributed by atoms with Gasteiger partial charge in [-0.05, 0) is 24.6 Å². The van der Waals surface area contributed by atoms with E-state index < -0.39 is 0 Å². The number of anilines is 2. The number of thiazole rings is 1. The van der Waals surface area contributed by atoms with Gasteiger partial charge in [0.25, 0.3) is 0 Å². The summed E-state index contributed by atoms with van der Waals surface area (Å²) in [4.78, 5) is 9.16. The number of benzene rings is 1. The normalized spacial score (nSPS) is 17.1. The molecule has 0 spiro atoms. The van der Waals surface area contributed by atoms with Gasteiger partial charge in [-0.1, -0.05) is 22.0 Å². The number of halogens is 1. The van der Waals surface area contributed by atoms with Crippen LogP contribution in [0.2, 0.25) is 0 Å². The van der Waals surface area contributed by atoms with Gasteiger partial charge in [-0.2, -0.15) is 0 Å². The topological polar surface area (TPSA) is 45.4 Å². The Hall–Kier alpha value is -1.11. The van der Waals surface area contributed by atoms with Crippen molar-refractivity contribution < 1.29 is 0 Å². The van der Waals surface area contributed by atoms with Crippen molar-refractivity contribution in [3.8, 4) is 0 Å². The largest absolute Gasteiger partial charge is 0.368 e. The van der Waals surface area contributed by atoms with E-state index in [0.29, 0.717) is 0 Å². The lowest BCUT2D eigenvalue weighted by Crippen LogP contribution is -2.46. The lowest BCUT2D eigenvalue weighted by atomic mass is 10.1. The average Bonchev–Trinajstić information content (AvgIpc) is 3.01. The molecule has 21 heavy (non-hydrogen) atoms. The standard InChI is InChI=1S/C15H19BrN4S/c1-11(17)13-3-2-12(10-14(13)16)19-5-7-20(8-6-19)15-18-4-9-21-15/h2-4,9-11H,5-8,17H2,1H3. The van der Waals surface area contributed by atoms with Crippen LogP contribution in [0.25, 0.3) is 0 Å². The Kier molecular flexibility index (Phi) is 4.47. The van der Waals surface area contributed by atoms with E-state index in [2.05, 4.69) is 48.9 Å². The van der Waals surface area contributed by atoms with Gasteiger partial charge in [-0.3, -0.25) is 0 Å². The van der Waals surface area contributed by atoms with E-state index in [1.807, 2.05) is 18.5 Å². The molecule has 2 aromatic rings. The molecule has 1 saturated heterocycles. The number of hydrogen-bond donors (Lipinski definition) is 1. The highest BCUT2D eigenvalue weighted by atomic mass is 79.9. The first-order valence-electron chi connectivity index (χ1n) is 7.09. The second-order valence-electron chi connectivity index (χ2n) is 5.28. The van der Waals surface area contributed by atoms with Gasteiger partial charge in [0.1, 0.15) is 0 Å². The molecule has 0 aliphatic carbocycles. The summed E-state index contributed by atoms with van der Waals surface area (Å²) in [7, 11) is 0. The van der Waals surface area contributed by atoms with Gasteiger partial charge in [0, 0.05) is 54.0 Å². The summed E-state index contributed by atoms with van der Waals surface area (Å²) in [5.41, 5.74) is 8.37. The lowest BCUT2D eigenvalue weighted by Gasteiger charge is -2.36. The molecule has 2 heterocycles. The first kappa shape index (κ1) is 14.8. The molecule has 1 fully saturated rings. The third kappa shape index (κ3) is 3.22. The van der Waals surface area contributed by atoms with Gasteiger partial charge in [0.05, 0.1) is 0 Å². The van der Waals surface area contributed by atoms with E-state index in [9.17, 15) is 0 Å². The third-order valence-corrected chi connectivity index (χ3v) is 5.33. The summed E-state index contributed by atoms with van der Waals surface area (Å²) >= 11 is 5.34. The van der Waals surface area contributed by atoms with Crippen LogP contribution >= 0.6 is 27.3 Å². The number of rotatable bonds is 3. The van der Waals surface area contributed by atoms with Gasteiger partial charge in [-0.25, -0.2) is 4.98 Å². The Morgan fingerprint density at radius 1 is 1.24 bits per heavy atom. The summed E-state index contributed by atoms with van der Waals surface area (Å²) in [5, 5.41) is 3.16. The molecule has 0 amide bonds. The van der Waals surface area contributed by atoms with Gasteiger partial charge in [0.15, 0.2) is 5.13 Å². The minimum atomic E-state index is 0.0511. The van der Waals surface area contributed by atoms with Crippen LogP contribution in [-0.2, 0) is 0 Å². The maximum Gasteiger partial charge on any atom is 0.185 e. The van der Waals surface area contributed by atoms with Crippen LogP contribution in [0.1, 0.15) is 18.5 Å². The quantitative estimate of drug-likeness (QED) is 0.905. The van der Waals surface area contributed by atoms with E-state index in [1.54, 1.807) is 11.3 Å². The predicted octanol–water partition coefficient (Wildman–Crippen LogP) is 3.25. The predicted molar refractivity (Wildman–Crippen MR) is 93.3 cm³/mol. The highest BCUT2D eigenvalue weighted by molar-refractivity contribution is 9.10. The monoisotopic (exact) mass is 366 g/mol. The second-order valence-corrected chi connectivity index (χ2v) is 7.01. The highest BCUT2D eigenvalue weighted by Gasteiger charge is 2.19. The van der Waals surface area contributed by atoms with Crippen LogP contribution in [0, 0.1) is 0 Å². The van der Waals surface area contributed by atoms with Gasteiger partial charge in [0.2, 0.25) is 0 Å². The average molecular weight is 367 g/mol. The minimum absolute atomic E-state index is 0.0511. The van der Waals surface area contributed by atoms with E-state index in [-0.39, 0.29) is 6.04 Å². The van der Waals surface area contributed by atoms with Gasteiger partial charge >= 0.3 is 0 Å². The summed E-state index contributed by atoms with van der Waals surface area (Å²) in [6.07, 6.45) is 1.87. The van der Waals surface area contributed by atoms with Crippen molar-refractivity contribution in [1.29, 1.82) is 0 Å². The van der Waals surface area contributed by atoms with Crippen LogP contribution in [0.15, 0.2) is 34.2 Å². The van der Waals surface area contributed by atoms with E-state index in [1.165, 1.54) is 5.69 Å². The fraction of sp³-hybridized carbons (Fsp3) is 0.400. The molecule has 4 nitrogen and oxygen atoms in total. The third-order valence-electron chi connectivity index (χ3n) is 3.81. The molecule has 1 aromatic carbocycles. The zero-order chi connectivity index (χ0) is 14.8. The van der Waals surface area contributed by atoms with Crippen molar-refractivity contribution in [2.75, 3.05) is 36.0 Å². The molecule has 0 saturated carbocycles. The Bertz CT molecular complexity index is 592. The maximum atomic E-state index is 5.96. The number of aromatic nitrogens is 1. The molecule has 1 aliphatic heterocycles. The highest BCUT2D eigenvalue weighted by Crippen LogP contribution is 2.28. The van der Waals surface area contributed by atoms with Crippen LogP contribution in [-0.4, -0.2) is 31.2 Å². The molecule has 1 atom stereocenters. The van der Waals surface area contributed by atoms with Crippen molar-refractivity contribution in [3.63, 3.8) is 0 Å². The summed E-state index contributed by atoms with van der Waals surface area (Å²) < 4.78 is 1.09. The fourth-order valence-corrected chi connectivity index (χ4v) is 4.03. The summed E-state index contributed by atoms with van der Waals surface area (Å²) in [6.45, 7) is 6.07. The van der Waals surface area contributed by atoms with Crippen LogP contribution in [0.4, 0.5) is 10.8 Å². The molecule has 1 aliphatic rings. The number of nitrogens with zero attached hydrogens (tertiary/aromatic N) is 3. The van der Waals surface area contributed by atoms with Crippen molar-refractivity contribution in [2.24, 2.45) is 5.73 Å². The van der Waals surface area contributed by atoms with E-state index in [4.69, 9.17) is 5.73 Å². The van der Waals surface area contributed by atoms with Crippen LogP contribution in [0.5, 0.6) is 0 Å². The number of hydrogen-bond acceptors (Lipinski definition) is 5. The molecular formula is C15H19BrN4S. The molecule has 2 N–H and O–H groups in total. The fourth-order valence-electron chi connectivity index (χ4n) is 2.61. The SMILES string of the molecule is CC(N)c1ccc(N2CCN(c3nccs3)CC2)cc1Br. The first-order chi connectivity index (χ1) is 10.1. The Morgan fingerprint density at radius 2 is 1.95 bits per heavy atom. The molecule has 1 aromatic heterocycles. The maximum absolute atomic E-state index is 5.96. The zero-order valence-corrected chi connectivity index (χ0v) is 14.4. The Labute approximate surface area is 137 Å². The van der Waals surface area contributed by atoms with Crippen molar-refractivity contribution in [2.45, 2.75) is 13.0 Å². The van der Waals surface area contributed by atoms with E-state index >= 15 is 0 Å². The van der Waals surface area contributed by atoms with Gasteiger partial charge in [-0.15, -0.1) is 11.3 Å². The zero-order valence-electron chi connectivity index (χ0n) is 12.0. The Morgan fingerprint density at radius 3 is 2.52 bits per heavy atom. The van der Waals surface area contributed by atoms with E-state index in [0.717, 1.165) is 41.3 Å². The summed E-state index contributed by atoms with van der Waals surface area (Å²) in [6, 6.07) is 6.52. The van der Waals surface area contributed by atoms with Crippen molar-refractivity contribution in [1.82, 2.24) is 4.98 Å². The minimum Gasteiger partial charge on any atom is -0.368 e. The lowest BCUT2D eigenvalue weighted by molar-refractivity contribution is 0.651. The molecule has 3 rings (SSSR count). The van der Waals surface area contributed by atoms with Crippen LogP contribution < -0.4 is 15.5 Å². The van der Waals surface area contributed by atoms with Crippen LogP contribution in [0.3, 0.4) is 0 Å². The van der Waals surface area contributed by atoms with Crippen molar-refractivity contribution >= 4 is 38.1 Å². The first-order valence-corrected chi connectivity index (χ1v) is 8.77. The molecular weight excluding hydrogens is 348 g/mol. The number of piperazine rings is 1. The molecule has 6 heteroatoms. The second kappa shape index (κ2) is 6.34. The smallest absolute Gasteiger partial charge is 0.185 e. The molecule has 0 bridgehead atoms. The molecule has 0 radical (unpaired) electrons. The summed E-state index contributed by atoms with van der Waals surface area (Å²) in [5.74, 6) is 0. The van der Waals surface area contributed by atoms with Gasteiger partial charge < -0.3 is 15.5 Å². The number of nitrogens with two attached hydrogens (primary N) is 1. The molecule has 112 valence electrons. The Balaban J connectivity index is 1.68.